The van der Waals surface area contributed by atoms with Gasteiger partial charge in [-0.25, -0.2) is 9.97 Å². The second kappa shape index (κ2) is 10.4. The van der Waals surface area contributed by atoms with Crippen molar-refractivity contribution in [3.63, 3.8) is 0 Å². The number of fused-ring (bicyclic) bond motifs is 1. The Morgan fingerprint density at radius 3 is 2.49 bits per heavy atom. The van der Waals surface area contributed by atoms with E-state index in [9.17, 15) is 4.79 Å². The molecule has 0 saturated heterocycles. The second-order valence-corrected chi connectivity index (χ2v) is 9.51. The molecule has 1 aliphatic carbocycles. The summed E-state index contributed by atoms with van der Waals surface area (Å²) in [5.74, 6) is 0.940. The number of aromatic nitrogens is 4. The van der Waals surface area contributed by atoms with Gasteiger partial charge < -0.3 is 10.1 Å². The average Bonchev–Trinajstić information content (AvgIpc) is 3.38. The van der Waals surface area contributed by atoms with Crippen molar-refractivity contribution >= 4 is 22.9 Å². The lowest BCUT2D eigenvalue weighted by Crippen LogP contribution is -2.27. The Labute approximate surface area is 226 Å². The van der Waals surface area contributed by atoms with E-state index in [-0.39, 0.29) is 11.6 Å². The summed E-state index contributed by atoms with van der Waals surface area (Å²) >= 11 is 0. The molecule has 192 valence electrons. The van der Waals surface area contributed by atoms with Crippen LogP contribution in [0.4, 0.5) is 5.82 Å². The average molecular weight is 515 g/mol. The number of carbonyl (C=O) groups is 1. The Balaban J connectivity index is 1.52. The number of allylic oxidation sites excluding steroid dienone is 4. The van der Waals surface area contributed by atoms with Gasteiger partial charge in [0.25, 0.3) is 5.91 Å². The first-order valence-electron chi connectivity index (χ1n) is 12.9. The predicted molar refractivity (Wildman–Crippen MR) is 149 cm³/mol. The van der Waals surface area contributed by atoms with Gasteiger partial charge in [0.05, 0.1) is 30.8 Å². The molecule has 4 aromatic rings. The highest BCUT2D eigenvalue weighted by Crippen LogP contribution is 2.40. The van der Waals surface area contributed by atoms with Crippen LogP contribution in [0.25, 0.3) is 22.4 Å². The molecule has 6 rings (SSSR count). The van der Waals surface area contributed by atoms with E-state index in [4.69, 9.17) is 15.1 Å². The van der Waals surface area contributed by atoms with Crippen molar-refractivity contribution in [1.82, 2.24) is 19.7 Å². The van der Waals surface area contributed by atoms with Crippen LogP contribution in [0.15, 0.2) is 78.8 Å². The van der Waals surface area contributed by atoms with Crippen LogP contribution < -0.4 is 10.1 Å². The lowest BCUT2D eigenvalue weighted by Gasteiger charge is -2.23. The molecule has 3 heterocycles. The van der Waals surface area contributed by atoms with Crippen molar-refractivity contribution in [2.75, 3.05) is 12.4 Å². The van der Waals surface area contributed by atoms with Crippen molar-refractivity contribution in [2.45, 2.75) is 32.1 Å². The molecule has 2 aliphatic rings. The van der Waals surface area contributed by atoms with Crippen LogP contribution in [0.2, 0.25) is 0 Å². The van der Waals surface area contributed by atoms with Crippen LogP contribution in [0, 0.1) is 11.3 Å². The molecule has 0 amide bonds. The zero-order chi connectivity index (χ0) is 26.8. The van der Waals surface area contributed by atoms with Gasteiger partial charge in [0.1, 0.15) is 23.3 Å². The summed E-state index contributed by atoms with van der Waals surface area (Å²) in [4.78, 5) is 22.7. The summed E-state index contributed by atoms with van der Waals surface area (Å²) < 4.78 is 6.91. The number of anilines is 1. The summed E-state index contributed by atoms with van der Waals surface area (Å²) in [6.07, 6.45) is 9.90. The summed E-state index contributed by atoms with van der Waals surface area (Å²) in [7, 11) is 1.61. The number of benzene rings is 2. The number of nitrogens with zero attached hydrogens (tertiary/aromatic N) is 5. The van der Waals surface area contributed by atoms with Crippen LogP contribution in [0.1, 0.15) is 53.0 Å². The van der Waals surface area contributed by atoms with Gasteiger partial charge in [-0.05, 0) is 49.0 Å². The molecule has 8 nitrogen and oxygen atoms in total. The van der Waals surface area contributed by atoms with Crippen LogP contribution in [0.5, 0.6) is 5.75 Å². The molecule has 8 heteroatoms. The molecule has 2 aromatic carbocycles. The lowest BCUT2D eigenvalue weighted by atomic mass is 9.88. The van der Waals surface area contributed by atoms with Gasteiger partial charge in [-0.2, -0.15) is 15.0 Å². The summed E-state index contributed by atoms with van der Waals surface area (Å²) in [5, 5.41) is 17.4. The fraction of sp³-hybridized carbons (Fsp3) is 0.194. The third-order valence-corrected chi connectivity index (χ3v) is 7.12. The first-order valence-corrected chi connectivity index (χ1v) is 12.9. The van der Waals surface area contributed by atoms with E-state index in [0.29, 0.717) is 29.3 Å². The third-order valence-electron chi connectivity index (χ3n) is 7.12. The number of rotatable bonds is 6. The minimum Gasteiger partial charge on any atom is -0.497 e. The zero-order valence-electron chi connectivity index (χ0n) is 21.5. The normalized spacial score (nSPS) is 14.9. The minimum atomic E-state index is -0.217. The summed E-state index contributed by atoms with van der Waals surface area (Å²) in [5.41, 5.74) is 7.10. The van der Waals surface area contributed by atoms with E-state index in [2.05, 4.69) is 21.4 Å². The van der Waals surface area contributed by atoms with E-state index >= 15 is 0 Å². The van der Waals surface area contributed by atoms with E-state index < -0.39 is 0 Å². The predicted octanol–water partition coefficient (Wildman–Crippen LogP) is 5.90. The maximum atomic E-state index is 14.2. The second-order valence-electron chi connectivity index (χ2n) is 9.51. The molecular weight excluding hydrogens is 488 g/mol. The Bertz CT molecular complexity index is 1640. The van der Waals surface area contributed by atoms with Crippen LogP contribution in [-0.2, 0) is 6.42 Å². The first-order chi connectivity index (χ1) is 19.2. The van der Waals surface area contributed by atoms with Gasteiger partial charge in [0.2, 0.25) is 0 Å². The number of nitriles is 1. The molecule has 0 spiro atoms. The smallest absolute Gasteiger partial charge is 0.280 e. The molecule has 0 unspecified atom stereocenters. The fourth-order valence-electron chi connectivity index (χ4n) is 5.24. The largest absolute Gasteiger partial charge is 0.497 e. The maximum absolute atomic E-state index is 14.2. The summed E-state index contributed by atoms with van der Waals surface area (Å²) in [6, 6.07) is 19.4. The molecule has 1 N–H and O–H groups in total. The van der Waals surface area contributed by atoms with Crippen molar-refractivity contribution in [3.8, 4) is 23.1 Å². The Kier molecular flexibility index (Phi) is 6.47. The summed E-state index contributed by atoms with van der Waals surface area (Å²) in [6.45, 7) is 0. The molecule has 0 atom stereocenters. The topological polar surface area (TPSA) is 106 Å². The number of hydrogen-bond acceptors (Lipinski definition) is 7. The molecule has 0 fully saturated rings. The molecular formula is C31H26N6O2. The lowest BCUT2D eigenvalue weighted by molar-refractivity contribution is 0.0958. The van der Waals surface area contributed by atoms with Crippen molar-refractivity contribution < 1.29 is 9.53 Å². The van der Waals surface area contributed by atoms with Gasteiger partial charge in [-0.15, -0.1) is 0 Å². The number of ether oxygens (including phenoxy) is 1. The number of carbonyl (C=O) groups excluding carboxylic acids is 1. The standard InChI is InChI=1S/C31H26N6O2/c1-39-24-14-12-21(13-15-24)28-25(35-27-19-33-23(17-32)18-34-27)16-26-29(20-8-4-2-5-9-20)30(36-37(26)31(28)38)22-10-6-3-7-11-22/h3,6-8,10-15,18-19H,2,4-5,9,16H2,1H3,(H,34,35). The minimum absolute atomic E-state index is 0.217. The van der Waals surface area contributed by atoms with Gasteiger partial charge in [-0.1, -0.05) is 48.5 Å². The highest BCUT2D eigenvalue weighted by atomic mass is 16.5. The molecule has 0 saturated carbocycles. The third kappa shape index (κ3) is 4.59. The fourth-order valence-corrected chi connectivity index (χ4v) is 5.24. The SMILES string of the molecule is COc1ccc(C2=C(Nc3cnc(C#N)cn3)Cc3c(C4=CCCCC4)c(-c4ccccc4)nn3C2=O)cc1. The van der Waals surface area contributed by atoms with E-state index in [1.807, 2.05) is 60.7 Å². The highest BCUT2D eigenvalue weighted by molar-refractivity contribution is 6.23. The molecule has 0 bridgehead atoms. The van der Waals surface area contributed by atoms with Crippen LogP contribution >= 0.6 is 0 Å². The monoisotopic (exact) mass is 514 g/mol. The molecule has 39 heavy (non-hydrogen) atoms. The quantitative estimate of drug-likeness (QED) is 0.342. The Morgan fingerprint density at radius 2 is 1.82 bits per heavy atom. The van der Waals surface area contributed by atoms with Crippen LogP contribution in [-0.4, -0.2) is 32.8 Å². The van der Waals surface area contributed by atoms with E-state index in [0.717, 1.165) is 53.8 Å². The first kappa shape index (κ1) is 24.3. The Hall–Kier alpha value is -5.03. The molecule has 1 aliphatic heterocycles. The van der Waals surface area contributed by atoms with Crippen molar-refractivity contribution in [2.24, 2.45) is 0 Å². The number of methoxy groups -OCH3 is 1. The number of nitrogens with one attached hydrogen (secondary N) is 1. The van der Waals surface area contributed by atoms with Gasteiger partial charge in [-0.3, -0.25) is 4.79 Å². The zero-order valence-corrected chi connectivity index (χ0v) is 21.5. The highest BCUT2D eigenvalue weighted by Gasteiger charge is 2.34. The number of hydrogen-bond donors (Lipinski definition) is 1. The van der Waals surface area contributed by atoms with Crippen molar-refractivity contribution in [1.29, 1.82) is 5.26 Å². The van der Waals surface area contributed by atoms with Gasteiger partial charge in [0, 0.05) is 23.2 Å². The van der Waals surface area contributed by atoms with E-state index in [1.54, 1.807) is 11.8 Å². The van der Waals surface area contributed by atoms with Crippen LogP contribution in [0.3, 0.4) is 0 Å². The van der Waals surface area contributed by atoms with Gasteiger partial charge in [0.15, 0.2) is 5.69 Å². The van der Waals surface area contributed by atoms with E-state index in [1.165, 1.54) is 18.0 Å². The molecule has 2 aromatic heterocycles. The Morgan fingerprint density at radius 1 is 1.00 bits per heavy atom. The van der Waals surface area contributed by atoms with Crippen molar-refractivity contribution in [3.05, 3.63) is 101 Å². The van der Waals surface area contributed by atoms with Gasteiger partial charge >= 0.3 is 0 Å². The maximum Gasteiger partial charge on any atom is 0.280 e. The molecule has 0 radical (unpaired) electrons.